The Hall–Kier alpha value is -2.10. The Morgan fingerprint density at radius 2 is 1.94 bits per heavy atom. The number of nitrogens with zero attached hydrogens (tertiary/aromatic N) is 1. The van der Waals surface area contributed by atoms with E-state index in [0.717, 1.165) is 23.4 Å². The lowest BCUT2D eigenvalue weighted by molar-refractivity contribution is 0.102. The molecule has 0 spiro atoms. The number of anilines is 1. The fourth-order valence-electron chi connectivity index (χ4n) is 1.72. The summed E-state index contributed by atoms with van der Waals surface area (Å²) in [6, 6.07) is 7.84. The van der Waals surface area contributed by atoms with E-state index in [1.54, 1.807) is 0 Å². The molecule has 4 heteroatoms. The summed E-state index contributed by atoms with van der Waals surface area (Å²) in [5.41, 5.74) is 4.29. The van der Waals surface area contributed by atoms with E-state index in [0.29, 0.717) is 5.69 Å². The highest BCUT2D eigenvalue weighted by atomic mass is 16.1. The number of H-pyrrole nitrogens is 1. The lowest BCUT2D eigenvalue weighted by Crippen LogP contribution is -2.13. The third kappa shape index (κ3) is 2.42. The van der Waals surface area contributed by atoms with Crippen molar-refractivity contribution >= 4 is 11.6 Å². The minimum Gasteiger partial charge on any atom is -0.321 e. The van der Waals surface area contributed by atoms with E-state index >= 15 is 0 Å². The van der Waals surface area contributed by atoms with Crippen molar-refractivity contribution in [3.05, 3.63) is 46.8 Å². The molecular formula is C14H17N3O. The monoisotopic (exact) mass is 243 g/mol. The third-order valence-electron chi connectivity index (χ3n) is 3.09. The van der Waals surface area contributed by atoms with Crippen molar-refractivity contribution in [2.75, 3.05) is 5.32 Å². The average molecular weight is 243 g/mol. The van der Waals surface area contributed by atoms with Crippen LogP contribution in [0.5, 0.6) is 0 Å². The highest BCUT2D eigenvalue weighted by Gasteiger charge is 2.14. The zero-order valence-electron chi connectivity index (χ0n) is 10.9. The topological polar surface area (TPSA) is 57.8 Å². The number of hydrogen-bond donors (Lipinski definition) is 2. The fourth-order valence-corrected chi connectivity index (χ4v) is 1.72. The largest absolute Gasteiger partial charge is 0.321 e. The van der Waals surface area contributed by atoms with Crippen molar-refractivity contribution in [2.24, 2.45) is 0 Å². The van der Waals surface area contributed by atoms with Gasteiger partial charge in [-0.25, -0.2) is 0 Å². The summed E-state index contributed by atoms with van der Waals surface area (Å²) in [4.78, 5) is 12.0. The summed E-state index contributed by atoms with van der Waals surface area (Å²) < 4.78 is 0. The Bertz CT molecular complexity index is 555. The van der Waals surface area contributed by atoms with Crippen LogP contribution in [0.1, 0.15) is 34.2 Å². The smallest absolute Gasteiger partial charge is 0.276 e. The maximum atomic E-state index is 12.0. The summed E-state index contributed by atoms with van der Waals surface area (Å²) in [5, 5.41) is 9.66. The van der Waals surface area contributed by atoms with Gasteiger partial charge >= 0.3 is 0 Å². The van der Waals surface area contributed by atoms with E-state index in [-0.39, 0.29) is 5.91 Å². The minimum absolute atomic E-state index is 0.180. The first-order valence-corrected chi connectivity index (χ1v) is 6.03. The van der Waals surface area contributed by atoms with Gasteiger partial charge in [0.15, 0.2) is 5.69 Å². The Labute approximate surface area is 106 Å². The van der Waals surface area contributed by atoms with Gasteiger partial charge in [0.2, 0.25) is 0 Å². The fraction of sp³-hybridized carbons (Fsp3) is 0.286. The molecule has 2 aromatic rings. The first kappa shape index (κ1) is 12.4. The number of aromatic nitrogens is 2. The third-order valence-corrected chi connectivity index (χ3v) is 3.09. The molecule has 0 aliphatic heterocycles. The number of hydrogen-bond acceptors (Lipinski definition) is 2. The van der Waals surface area contributed by atoms with Gasteiger partial charge in [0, 0.05) is 16.9 Å². The summed E-state index contributed by atoms with van der Waals surface area (Å²) >= 11 is 0. The highest BCUT2D eigenvalue weighted by molar-refractivity contribution is 6.03. The molecule has 1 heterocycles. The SMILES string of the molecule is CCc1ccc(NC(=O)c2n[nH]c(C)c2C)cc1. The quantitative estimate of drug-likeness (QED) is 0.870. The minimum atomic E-state index is -0.180. The average Bonchev–Trinajstić information content (AvgIpc) is 2.71. The molecule has 0 unspecified atom stereocenters. The van der Waals surface area contributed by atoms with Crippen LogP contribution in [-0.4, -0.2) is 16.1 Å². The van der Waals surface area contributed by atoms with Gasteiger partial charge in [-0.15, -0.1) is 0 Å². The molecule has 0 atom stereocenters. The van der Waals surface area contributed by atoms with Crippen molar-refractivity contribution in [3.63, 3.8) is 0 Å². The molecule has 0 saturated heterocycles. The Morgan fingerprint density at radius 3 is 2.44 bits per heavy atom. The van der Waals surface area contributed by atoms with E-state index in [1.807, 2.05) is 38.1 Å². The lowest BCUT2D eigenvalue weighted by atomic mass is 10.1. The van der Waals surface area contributed by atoms with Crippen LogP contribution in [0.15, 0.2) is 24.3 Å². The van der Waals surface area contributed by atoms with Crippen LogP contribution in [0.3, 0.4) is 0 Å². The number of carbonyl (C=O) groups is 1. The summed E-state index contributed by atoms with van der Waals surface area (Å²) in [7, 11) is 0. The van der Waals surface area contributed by atoms with Crippen molar-refractivity contribution in [1.29, 1.82) is 0 Å². The van der Waals surface area contributed by atoms with Gasteiger partial charge in [-0.1, -0.05) is 19.1 Å². The molecule has 1 amide bonds. The number of aryl methyl sites for hydroxylation is 2. The van der Waals surface area contributed by atoms with Gasteiger partial charge in [0.1, 0.15) is 0 Å². The van der Waals surface area contributed by atoms with E-state index in [4.69, 9.17) is 0 Å². The second kappa shape index (κ2) is 5.04. The van der Waals surface area contributed by atoms with Crippen LogP contribution in [0.4, 0.5) is 5.69 Å². The standard InChI is InChI=1S/C14H17N3O/c1-4-11-5-7-12(8-6-11)15-14(18)13-9(2)10(3)16-17-13/h5-8H,4H2,1-3H3,(H,15,18)(H,16,17). The Balaban J connectivity index is 2.13. The van der Waals surface area contributed by atoms with E-state index in [2.05, 4.69) is 22.4 Å². The summed E-state index contributed by atoms with van der Waals surface area (Å²) in [6.07, 6.45) is 0.992. The Kier molecular flexibility index (Phi) is 3.46. The van der Waals surface area contributed by atoms with Gasteiger partial charge in [0.05, 0.1) is 0 Å². The van der Waals surface area contributed by atoms with Crippen LogP contribution < -0.4 is 5.32 Å². The summed E-state index contributed by atoms with van der Waals surface area (Å²) in [6.45, 7) is 5.88. The van der Waals surface area contributed by atoms with Crippen molar-refractivity contribution in [3.8, 4) is 0 Å². The van der Waals surface area contributed by atoms with E-state index < -0.39 is 0 Å². The van der Waals surface area contributed by atoms with Crippen molar-refractivity contribution < 1.29 is 4.79 Å². The van der Waals surface area contributed by atoms with Gasteiger partial charge in [0.25, 0.3) is 5.91 Å². The second-order valence-corrected chi connectivity index (χ2v) is 4.33. The second-order valence-electron chi connectivity index (χ2n) is 4.33. The molecule has 2 rings (SSSR count). The Morgan fingerprint density at radius 1 is 1.28 bits per heavy atom. The van der Waals surface area contributed by atoms with Gasteiger partial charge < -0.3 is 5.32 Å². The van der Waals surface area contributed by atoms with Crippen molar-refractivity contribution in [1.82, 2.24) is 10.2 Å². The molecule has 0 saturated carbocycles. The molecule has 4 nitrogen and oxygen atoms in total. The maximum absolute atomic E-state index is 12.0. The van der Waals surface area contributed by atoms with E-state index in [1.165, 1.54) is 5.56 Å². The number of benzene rings is 1. The van der Waals surface area contributed by atoms with Crippen LogP contribution in [0, 0.1) is 13.8 Å². The van der Waals surface area contributed by atoms with Crippen LogP contribution in [0.25, 0.3) is 0 Å². The van der Waals surface area contributed by atoms with Crippen LogP contribution in [-0.2, 0) is 6.42 Å². The number of aromatic amines is 1. The number of amides is 1. The van der Waals surface area contributed by atoms with Crippen molar-refractivity contribution in [2.45, 2.75) is 27.2 Å². The number of nitrogens with one attached hydrogen (secondary N) is 2. The van der Waals surface area contributed by atoms with Gasteiger partial charge in [-0.3, -0.25) is 9.89 Å². The molecule has 1 aromatic carbocycles. The zero-order chi connectivity index (χ0) is 13.1. The molecule has 0 aliphatic carbocycles. The molecular weight excluding hydrogens is 226 g/mol. The van der Waals surface area contributed by atoms with Gasteiger partial charge in [-0.2, -0.15) is 5.10 Å². The van der Waals surface area contributed by atoms with Crippen LogP contribution in [0.2, 0.25) is 0 Å². The first-order chi connectivity index (χ1) is 8.61. The number of rotatable bonds is 3. The number of carbonyl (C=O) groups excluding carboxylic acids is 1. The highest BCUT2D eigenvalue weighted by Crippen LogP contribution is 2.13. The van der Waals surface area contributed by atoms with Gasteiger partial charge in [-0.05, 0) is 38.0 Å². The predicted molar refractivity (Wildman–Crippen MR) is 71.8 cm³/mol. The molecule has 1 aromatic heterocycles. The van der Waals surface area contributed by atoms with E-state index in [9.17, 15) is 4.79 Å². The molecule has 0 bridgehead atoms. The molecule has 0 fully saturated rings. The molecule has 0 radical (unpaired) electrons. The molecule has 2 N–H and O–H groups in total. The molecule has 18 heavy (non-hydrogen) atoms. The predicted octanol–water partition coefficient (Wildman–Crippen LogP) is 2.84. The summed E-state index contributed by atoms with van der Waals surface area (Å²) in [5.74, 6) is -0.180. The zero-order valence-corrected chi connectivity index (χ0v) is 10.9. The first-order valence-electron chi connectivity index (χ1n) is 6.03. The normalized spacial score (nSPS) is 10.4. The molecule has 0 aliphatic rings. The van der Waals surface area contributed by atoms with Crippen LogP contribution >= 0.6 is 0 Å². The lowest BCUT2D eigenvalue weighted by Gasteiger charge is -2.04. The molecule has 94 valence electrons. The maximum Gasteiger partial charge on any atom is 0.276 e.